The van der Waals surface area contributed by atoms with Crippen molar-refractivity contribution in [1.82, 2.24) is 19.4 Å². The third-order valence-electron chi connectivity index (χ3n) is 3.93. The molecule has 1 aromatic heterocycles. The van der Waals surface area contributed by atoms with Crippen LogP contribution >= 0.6 is 0 Å². The molecule has 1 N–H and O–H groups in total. The van der Waals surface area contributed by atoms with Gasteiger partial charge in [-0.25, -0.2) is 4.79 Å². The van der Waals surface area contributed by atoms with E-state index >= 15 is 0 Å². The monoisotopic (exact) mass is 266 g/mol. The second-order valence-corrected chi connectivity index (χ2v) is 5.44. The number of aromatic amines is 1. The van der Waals surface area contributed by atoms with Gasteiger partial charge in [0, 0.05) is 37.9 Å². The number of nitrogens with one attached hydrogen (secondary N) is 1. The maximum absolute atomic E-state index is 11.9. The van der Waals surface area contributed by atoms with Crippen LogP contribution in [0.25, 0.3) is 0 Å². The van der Waals surface area contributed by atoms with E-state index in [0.29, 0.717) is 18.0 Å². The van der Waals surface area contributed by atoms with Crippen LogP contribution in [0.2, 0.25) is 0 Å². The Hall–Kier alpha value is -1.40. The van der Waals surface area contributed by atoms with Crippen molar-refractivity contribution in [2.24, 2.45) is 7.05 Å². The molecule has 6 heteroatoms. The molecule has 0 bridgehead atoms. The lowest BCUT2D eigenvalue weighted by molar-refractivity contribution is 0.270. The molecule has 1 aliphatic rings. The molecule has 0 spiro atoms. The number of aromatic nitrogens is 2. The van der Waals surface area contributed by atoms with Gasteiger partial charge in [-0.05, 0) is 33.5 Å². The van der Waals surface area contributed by atoms with Gasteiger partial charge in [0.05, 0.1) is 0 Å². The smallest absolute Gasteiger partial charge is 0.314 e. The molecule has 1 unspecified atom stereocenters. The molecule has 0 radical (unpaired) electrons. The number of nitrogens with zero attached hydrogens (tertiary/aromatic N) is 3. The summed E-state index contributed by atoms with van der Waals surface area (Å²) >= 11 is 0. The highest BCUT2D eigenvalue weighted by atomic mass is 16.2. The first-order valence-corrected chi connectivity index (χ1v) is 6.65. The highest BCUT2D eigenvalue weighted by Crippen LogP contribution is 2.13. The molecule has 1 aromatic rings. The van der Waals surface area contributed by atoms with E-state index in [1.54, 1.807) is 6.20 Å². The first kappa shape index (κ1) is 14.0. The van der Waals surface area contributed by atoms with Crippen LogP contribution in [-0.4, -0.2) is 59.1 Å². The summed E-state index contributed by atoms with van der Waals surface area (Å²) < 4.78 is 1.13. The fraction of sp³-hybridized carbons (Fsp3) is 0.692. The first-order chi connectivity index (χ1) is 8.99. The van der Waals surface area contributed by atoms with Gasteiger partial charge in [-0.15, -0.1) is 0 Å². The van der Waals surface area contributed by atoms with E-state index in [4.69, 9.17) is 0 Å². The molecule has 2 rings (SSSR count). The predicted octanol–water partition coefficient (Wildman–Crippen LogP) is -0.748. The Morgan fingerprint density at radius 1 is 1.42 bits per heavy atom. The molecule has 0 amide bonds. The number of H-pyrrole nitrogens is 1. The van der Waals surface area contributed by atoms with E-state index in [1.807, 2.05) is 0 Å². The molecule has 2 heterocycles. The molecular weight excluding hydrogens is 244 g/mol. The molecule has 19 heavy (non-hydrogen) atoms. The van der Waals surface area contributed by atoms with Gasteiger partial charge < -0.3 is 14.8 Å². The van der Waals surface area contributed by atoms with Crippen molar-refractivity contribution in [3.05, 3.63) is 32.6 Å². The Morgan fingerprint density at radius 2 is 2.16 bits per heavy atom. The fourth-order valence-corrected chi connectivity index (χ4v) is 2.51. The average molecular weight is 266 g/mol. The number of likely N-dealkylation sites (tertiary alicyclic amines) is 1. The summed E-state index contributed by atoms with van der Waals surface area (Å²) in [5, 5.41) is 0. The lowest BCUT2D eigenvalue weighted by Crippen LogP contribution is -2.36. The average Bonchev–Trinajstić information content (AvgIpc) is 2.84. The van der Waals surface area contributed by atoms with Gasteiger partial charge in [0.25, 0.3) is 5.56 Å². The summed E-state index contributed by atoms with van der Waals surface area (Å²) in [6, 6.07) is 0.610. The van der Waals surface area contributed by atoms with Gasteiger partial charge >= 0.3 is 5.69 Å². The third kappa shape index (κ3) is 3.13. The number of likely N-dealkylation sites (N-methyl/N-ethyl adjacent to an activating group) is 1. The minimum atomic E-state index is -0.359. The van der Waals surface area contributed by atoms with Crippen molar-refractivity contribution in [1.29, 1.82) is 0 Å². The summed E-state index contributed by atoms with van der Waals surface area (Å²) in [6.07, 6.45) is 3.41. The molecule has 1 fully saturated rings. The van der Waals surface area contributed by atoms with Gasteiger partial charge in [0.15, 0.2) is 0 Å². The quantitative estimate of drug-likeness (QED) is 0.779. The van der Waals surface area contributed by atoms with E-state index in [0.717, 1.165) is 24.2 Å². The number of hydrogen-bond donors (Lipinski definition) is 1. The van der Waals surface area contributed by atoms with E-state index in [-0.39, 0.29) is 11.2 Å². The molecule has 6 nitrogen and oxygen atoms in total. The maximum Gasteiger partial charge on any atom is 0.328 e. The summed E-state index contributed by atoms with van der Waals surface area (Å²) in [5.74, 6) is 0. The van der Waals surface area contributed by atoms with Gasteiger partial charge in [-0.3, -0.25) is 9.36 Å². The summed E-state index contributed by atoms with van der Waals surface area (Å²) in [5.41, 5.74) is 0.130. The third-order valence-corrected chi connectivity index (χ3v) is 3.93. The van der Waals surface area contributed by atoms with E-state index in [2.05, 4.69) is 28.9 Å². The minimum Gasteiger partial charge on any atom is -0.314 e. The van der Waals surface area contributed by atoms with Gasteiger partial charge in [0.2, 0.25) is 0 Å². The Bertz CT molecular complexity index is 546. The highest BCUT2D eigenvalue weighted by molar-refractivity contribution is 5.05. The van der Waals surface area contributed by atoms with Gasteiger partial charge in [0.1, 0.15) is 0 Å². The molecular formula is C13H22N4O2. The Kier molecular flexibility index (Phi) is 4.21. The van der Waals surface area contributed by atoms with E-state index in [9.17, 15) is 9.59 Å². The largest absolute Gasteiger partial charge is 0.328 e. The zero-order chi connectivity index (χ0) is 14.0. The Labute approximate surface area is 112 Å². The van der Waals surface area contributed by atoms with Crippen LogP contribution in [0.3, 0.4) is 0 Å². The minimum absolute atomic E-state index is 0.188. The normalized spacial score (nSPS) is 20.3. The lowest BCUT2D eigenvalue weighted by Gasteiger charge is -2.20. The second-order valence-electron chi connectivity index (χ2n) is 5.44. The second kappa shape index (κ2) is 5.71. The molecule has 1 saturated heterocycles. The van der Waals surface area contributed by atoms with Crippen LogP contribution in [0.4, 0.5) is 0 Å². The standard InChI is InChI=1S/C13H22N4O2/c1-15(2)11-5-7-17(9-11)6-4-10-8-14-13(19)16(3)12(10)18/h8,11H,4-7,9H2,1-3H3,(H,14,19). The summed E-state index contributed by atoms with van der Waals surface area (Å²) in [4.78, 5) is 30.4. The van der Waals surface area contributed by atoms with Crippen molar-refractivity contribution in [2.75, 3.05) is 33.7 Å². The van der Waals surface area contributed by atoms with Crippen molar-refractivity contribution in [3.8, 4) is 0 Å². The molecule has 0 aromatic carbocycles. The number of rotatable bonds is 4. The van der Waals surface area contributed by atoms with Crippen molar-refractivity contribution in [2.45, 2.75) is 18.9 Å². The van der Waals surface area contributed by atoms with Crippen LogP contribution in [0.5, 0.6) is 0 Å². The SMILES string of the molecule is CN(C)C1CCN(CCc2c[nH]c(=O)n(C)c2=O)C1. The Morgan fingerprint density at radius 3 is 2.79 bits per heavy atom. The maximum atomic E-state index is 11.9. The van der Waals surface area contributed by atoms with Crippen molar-refractivity contribution < 1.29 is 0 Å². The van der Waals surface area contributed by atoms with E-state index in [1.165, 1.54) is 13.5 Å². The molecule has 0 saturated carbocycles. The fourth-order valence-electron chi connectivity index (χ4n) is 2.51. The van der Waals surface area contributed by atoms with Gasteiger partial charge in [-0.2, -0.15) is 0 Å². The van der Waals surface area contributed by atoms with Crippen LogP contribution in [-0.2, 0) is 13.5 Å². The predicted molar refractivity (Wildman–Crippen MR) is 74.5 cm³/mol. The Balaban J connectivity index is 1.96. The topological polar surface area (TPSA) is 61.3 Å². The number of hydrogen-bond acceptors (Lipinski definition) is 4. The van der Waals surface area contributed by atoms with Crippen molar-refractivity contribution in [3.63, 3.8) is 0 Å². The van der Waals surface area contributed by atoms with Gasteiger partial charge in [-0.1, -0.05) is 0 Å². The lowest BCUT2D eigenvalue weighted by atomic mass is 10.2. The highest BCUT2D eigenvalue weighted by Gasteiger charge is 2.23. The molecule has 0 aliphatic carbocycles. The van der Waals surface area contributed by atoms with Crippen LogP contribution < -0.4 is 11.2 Å². The molecule has 106 valence electrons. The van der Waals surface area contributed by atoms with Crippen LogP contribution in [0, 0.1) is 0 Å². The van der Waals surface area contributed by atoms with Crippen LogP contribution in [0.1, 0.15) is 12.0 Å². The van der Waals surface area contributed by atoms with Crippen molar-refractivity contribution >= 4 is 0 Å². The summed E-state index contributed by atoms with van der Waals surface area (Å²) in [7, 11) is 5.71. The first-order valence-electron chi connectivity index (χ1n) is 6.65. The molecule has 1 atom stereocenters. The van der Waals surface area contributed by atoms with Crippen LogP contribution in [0.15, 0.2) is 15.8 Å². The zero-order valence-electron chi connectivity index (χ0n) is 11.8. The summed E-state index contributed by atoms with van der Waals surface area (Å²) in [6.45, 7) is 2.99. The van der Waals surface area contributed by atoms with E-state index < -0.39 is 0 Å². The molecule has 1 aliphatic heterocycles. The zero-order valence-corrected chi connectivity index (χ0v) is 11.8.